The number of guanidine groups is 1. The van der Waals surface area contributed by atoms with Crippen LogP contribution < -0.4 is 15.5 Å². The maximum atomic E-state index is 9.30. The minimum atomic E-state index is 0.314. The number of nitrogens with zero attached hydrogens (tertiary/aromatic N) is 3. The molecule has 0 radical (unpaired) electrons. The van der Waals surface area contributed by atoms with E-state index < -0.39 is 0 Å². The molecule has 29 heavy (non-hydrogen) atoms. The Morgan fingerprint density at radius 2 is 1.93 bits per heavy atom. The van der Waals surface area contributed by atoms with Gasteiger partial charge in [0.05, 0.1) is 18.8 Å². The summed E-state index contributed by atoms with van der Waals surface area (Å²) in [5.74, 6) is 1.28. The molecule has 1 saturated heterocycles. The van der Waals surface area contributed by atoms with E-state index >= 15 is 0 Å². The highest BCUT2D eigenvalue weighted by molar-refractivity contribution is 7.11. The summed E-state index contributed by atoms with van der Waals surface area (Å²) in [6.07, 6.45) is 2.14. The van der Waals surface area contributed by atoms with Gasteiger partial charge in [-0.2, -0.15) is 0 Å². The van der Waals surface area contributed by atoms with Crippen molar-refractivity contribution < 1.29 is 5.11 Å². The minimum Gasteiger partial charge on any atom is -0.396 e. The van der Waals surface area contributed by atoms with E-state index in [1.54, 1.807) is 11.3 Å². The van der Waals surface area contributed by atoms with Crippen LogP contribution >= 0.6 is 11.3 Å². The largest absolute Gasteiger partial charge is 0.396 e. The number of aryl methyl sites for hydroxylation is 2. The molecule has 7 heteroatoms. The number of anilines is 1. The van der Waals surface area contributed by atoms with Crippen LogP contribution in [0, 0.1) is 19.8 Å². The zero-order valence-electron chi connectivity index (χ0n) is 17.7. The molecule has 0 amide bonds. The molecule has 0 spiro atoms. The van der Waals surface area contributed by atoms with Gasteiger partial charge in [0.1, 0.15) is 5.01 Å². The van der Waals surface area contributed by atoms with Crippen molar-refractivity contribution in [2.45, 2.75) is 46.7 Å². The first-order valence-corrected chi connectivity index (χ1v) is 11.3. The van der Waals surface area contributed by atoms with Gasteiger partial charge in [-0.3, -0.25) is 0 Å². The van der Waals surface area contributed by atoms with Gasteiger partial charge in [0.2, 0.25) is 0 Å². The van der Waals surface area contributed by atoms with Crippen LogP contribution in [0.5, 0.6) is 0 Å². The number of rotatable bonds is 7. The lowest BCUT2D eigenvalue weighted by atomic mass is 9.97. The Morgan fingerprint density at radius 1 is 1.21 bits per heavy atom. The van der Waals surface area contributed by atoms with Gasteiger partial charge in [0.15, 0.2) is 5.96 Å². The van der Waals surface area contributed by atoms with Gasteiger partial charge in [-0.25, -0.2) is 9.98 Å². The third-order valence-corrected chi connectivity index (χ3v) is 6.49. The molecule has 3 N–H and O–H groups in total. The predicted octanol–water partition coefficient (Wildman–Crippen LogP) is 3.22. The number of nitrogens with one attached hydrogen (secondary N) is 2. The lowest BCUT2D eigenvalue weighted by molar-refractivity contribution is 0.203. The molecule has 1 aliphatic rings. The van der Waals surface area contributed by atoms with Crippen molar-refractivity contribution in [3.8, 4) is 0 Å². The molecule has 6 nitrogen and oxygen atoms in total. The highest BCUT2D eigenvalue weighted by Crippen LogP contribution is 2.23. The second-order valence-corrected chi connectivity index (χ2v) is 8.87. The molecule has 1 aliphatic heterocycles. The summed E-state index contributed by atoms with van der Waals surface area (Å²) in [5, 5.41) is 17.1. The lowest BCUT2D eigenvalue weighted by Crippen LogP contribution is -2.36. The Bertz CT molecular complexity index is 775. The van der Waals surface area contributed by atoms with Crippen LogP contribution in [0.2, 0.25) is 0 Å². The summed E-state index contributed by atoms with van der Waals surface area (Å²) in [6, 6.07) is 8.69. The number of hydrogen-bond donors (Lipinski definition) is 3. The summed E-state index contributed by atoms with van der Waals surface area (Å²) in [6.45, 7) is 10.7. The van der Waals surface area contributed by atoms with Crippen LogP contribution in [0.1, 0.15) is 40.9 Å². The van der Waals surface area contributed by atoms with Crippen LogP contribution in [-0.2, 0) is 13.1 Å². The molecule has 2 aromatic rings. The van der Waals surface area contributed by atoms with Gasteiger partial charge in [-0.05, 0) is 57.2 Å². The summed E-state index contributed by atoms with van der Waals surface area (Å²) in [5.41, 5.74) is 3.56. The van der Waals surface area contributed by atoms with E-state index in [0.29, 0.717) is 25.6 Å². The Balaban J connectivity index is 1.54. The zero-order chi connectivity index (χ0) is 20.6. The number of aromatic nitrogens is 1. The molecule has 0 saturated carbocycles. The molecule has 0 aliphatic carbocycles. The SMILES string of the molecule is CCNC(=NCc1ccc(N2CCC(CO)CC2)cc1)NCc1nc(C)c(C)s1. The fourth-order valence-electron chi connectivity index (χ4n) is 3.47. The molecular formula is C22H33N5OS. The van der Waals surface area contributed by atoms with E-state index in [1.165, 1.54) is 16.1 Å². The van der Waals surface area contributed by atoms with Gasteiger partial charge in [-0.15, -0.1) is 11.3 Å². The van der Waals surface area contributed by atoms with Crippen molar-refractivity contribution in [1.29, 1.82) is 0 Å². The number of aliphatic hydroxyl groups is 1. The quantitative estimate of drug-likeness (QED) is 0.478. The summed E-state index contributed by atoms with van der Waals surface area (Å²) >= 11 is 1.73. The van der Waals surface area contributed by atoms with E-state index in [0.717, 1.165) is 49.1 Å². The van der Waals surface area contributed by atoms with Crippen molar-refractivity contribution in [2.75, 3.05) is 31.1 Å². The van der Waals surface area contributed by atoms with Crippen LogP contribution in [0.25, 0.3) is 0 Å². The van der Waals surface area contributed by atoms with E-state index in [4.69, 9.17) is 4.99 Å². The van der Waals surface area contributed by atoms with Crippen molar-refractivity contribution in [3.05, 3.63) is 45.4 Å². The minimum absolute atomic E-state index is 0.314. The normalized spacial score (nSPS) is 15.6. The molecule has 1 aromatic heterocycles. The van der Waals surface area contributed by atoms with Crippen molar-refractivity contribution in [3.63, 3.8) is 0 Å². The first-order valence-electron chi connectivity index (χ1n) is 10.5. The topological polar surface area (TPSA) is 72.8 Å². The second kappa shape index (κ2) is 10.6. The second-order valence-electron chi connectivity index (χ2n) is 7.58. The Hall–Kier alpha value is -2.12. The molecule has 0 unspecified atom stereocenters. The van der Waals surface area contributed by atoms with Gasteiger partial charge >= 0.3 is 0 Å². The Labute approximate surface area is 178 Å². The first-order chi connectivity index (χ1) is 14.1. The highest BCUT2D eigenvalue weighted by atomic mass is 32.1. The smallest absolute Gasteiger partial charge is 0.191 e. The molecule has 1 fully saturated rings. The van der Waals surface area contributed by atoms with Crippen LogP contribution in [0.15, 0.2) is 29.3 Å². The molecule has 2 heterocycles. The van der Waals surface area contributed by atoms with E-state index in [2.05, 4.69) is 58.6 Å². The van der Waals surface area contributed by atoms with E-state index in [1.807, 2.05) is 6.92 Å². The lowest BCUT2D eigenvalue weighted by Gasteiger charge is -2.32. The summed E-state index contributed by atoms with van der Waals surface area (Å²) in [7, 11) is 0. The van der Waals surface area contributed by atoms with Gasteiger partial charge < -0.3 is 20.6 Å². The fraction of sp³-hybridized carbons (Fsp3) is 0.545. The number of piperidine rings is 1. The van der Waals surface area contributed by atoms with Gasteiger partial charge in [-0.1, -0.05) is 12.1 Å². The van der Waals surface area contributed by atoms with Crippen LogP contribution in [0.3, 0.4) is 0 Å². The highest BCUT2D eigenvalue weighted by Gasteiger charge is 2.18. The van der Waals surface area contributed by atoms with E-state index in [-0.39, 0.29) is 0 Å². The maximum Gasteiger partial charge on any atom is 0.191 e. The number of aliphatic hydroxyl groups excluding tert-OH is 1. The van der Waals surface area contributed by atoms with Gasteiger partial charge in [0.25, 0.3) is 0 Å². The number of aliphatic imine (C=N–C) groups is 1. The fourth-order valence-corrected chi connectivity index (χ4v) is 4.35. The zero-order valence-corrected chi connectivity index (χ0v) is 18.6. The molecule has 0 atom stereocenters. The van der Waals surface area contributed by atoms with Crippen molar-refractivity contribution in [2.24, 2.45) is 10.9 Å². The molecule has 3 rings (SSSR count). The van der Waals surface area contributed by atoms with Crippen molar-refractivity contribution in [1.82, 2.24) is 15.6 Å². The molecule has 1 aromatic carbocycles. The summed E-state index contributed by atoms with van der Waals surface area (Å²) in [4.78, 5) is 13.0. The molecule has 0 bridgehead atoms. The number of thiazole rings is 1. The van der Waals surface area contributed by atoms with E-state index in [9.17, 15) is 5.11 Å². The maximum absolute atomic E-state index is 9.30. The third kappa shape index (κ3) is 6.18. The number of benzene rings is 1. The standard InChI is InChI=1S/C22H33N5OS/c1-4-23-22(25-14-21-26-16(2)17(3)29-21)24-13-18-5-7-20(8-6-18)27-11-9-19(15-28)10-12-27/h5-8,19,28H,4,9-15H2,1-3H3,(H2,23,24,25). The average molecular weight is 416 g/mol. The van der Waals surface area contributed by atoms with Gasteiger partial charge in [0, 0.05) is 36.8 Å². The predicted molar refractivity (Wildman–Crippen MR) is 122 cm³/mol. The van der Waals surface area contributed by atoms with Crippen molar-refractivity contribution >= 4 is 23.0 Å². The first kappa shape index (κ1) is 21.6. The molecular weight excluding hydrogens is 382 g/mol. The summed E-state index contributed by atoms with van der Waals surface area (Å²) < 4.78 is 0. The molecule has 158 valence electrons. The Kier molecular flexibility index (Phi) is 7.89. The third-order valence-electron chi connectivity index (χ3n) is 5.42. The average Bonchev–Trinajstić information content (AvgIpc) is 3.08. The Morgan fingerprint density at radius 3 is 2.52 bits per heavy atom. The monoisotopic (exact) mass is 415 g/mol. The van der Waals surface area contributed by atoms with Crippen LogP contribution in [-0.4, -0.2) is 42.3 Å². The number of hydrogen-bond acceptors (Lipinski definition) is 5. The van der Waals surface area contributed by atoms with Crippen LogP contribution in [0.4, 0.5) is 5.69 Å².